The number of rotatable bonds is 6. The minimum atomic E-state index is 0.00173. The SMILES string of the molecule is CC(C)c1noc(C(NCc2cn(C)nc2C(C)(C)C)C2CCOCC2)n1. The minimum absolute atomic E-state index is 0.00173. The third-order valence-corrected chi connectivity index (χ3v) is 5.10. The second-order valence-electron chi connectivity index (χ2n) is 8.88. The Morgan fingerprint density at radius 2 is 1.96 bits per heavy atom. The van der Waals surface area contributed by atoms with Gasteiger partial charge in [-0.25, -0.2) is 0 Å². The van der Waals surface area contributed by atoms with E-state index in [4.69, 9.17) is 9.26 Å². The fraction of sp³-hybridized carbons (Fsp3) is 0.750. The molecule has 1 unspecified atom stereocenters. The molecule has 1 aliphatic rings. The zero-order chi connectivity index (χ0) is 19.6. The van der Waals surface area contributed by atoms with E-state index in [0.717, 1.165) is 44.1 Å². The topological polar surface area (TPSA) is 78.0 Å². The van der Waals surface area contributed by atoms with Crippen molar-refractivity contribution < 1.29 is 9.26 Å². The average Bonchev–Trinajstić information content (AvgIpc) is 3.23. The van der Waals surface area contributed by atoms with Crippen LogP contribution in [-0.2, 0) is 23.7 Å². The van der Waals surface area contributed by atoms with Crippen LogP contribution < -0.4 is 5.32 Å². The molecule has 0 aliphatic carbocycles. The van der Waals surface area contributed by atoms with Gasteiger partial charge in [0.1, 0.15) is 0 Å². The van der Waals surface area contributed by atoms with Gasteiger partial charge in [0.2, 0.25) is 5.89 Å². The van der Waals surface area contributed by atoms with Gasteiger partial charge in [0, 0.05) is 49.9 Å². The van der Waals surface area contributed by atoms with Crippen molar-refractivity contribution in [1.82, 2.24) is 25.2 Å². The molecule has 1 fully saturated rings. The molecule has 7 heteroatoms. The molecule has 150 valence electrons. The summed E-state index contributed by atoms with van der Waals surface area (Å²) in [7, 11) is 1.97. The van der Waals surface area contributed by atoms with Crippen molar-refractivity contribution in [2.24, 2.45) is 13.0 Å². The number of hydrogen-bond acceptors (Lipinski definition) is 6. The van der Waals surface area contributed by atoms with Gasteiger partial charge in [-0.15, -0.1) is 0 Å². The molecule has 2 aromatic heterocycles. The minimum Gasteiger partial charge on any atom is -0.381 e. The first-order valence-corrected chi connectivity index (χ1v) is 9.93. The average molecular weight is 376 g/mol. The molecule has 3 heterocycles. The summed E-state index contributed by atoms with van der Waals surface area (Å²) in [6.45, 7) is 13.0. The van der Waals surface area contributed by atoms with Gasteiger partial charge in [0.05, 0.1) is 11.7 Å². The van der Waals surface area contributed by atoms with Gasteiger partial charge in [0.25, 0.3) is 0 Å². The van der Waals surface area contributed by atoms with E-state index in [1.54, 1.807) is 0 Å². The van der Waals surface area contributed by atoms with E-state index in [9.17, 15) is 0 Å². The quantitative estimate of drug-likeness (QED) is 0.833. The van der Waals surface area contributed by atoms with Crippen LogP contribution in [0.1, 0.15) is 82.4 Å². The molecular weight excluding hydrogens is 342 g/mol. The second-order valence-corrected chi connectivity index (χ2v) is 8.88. The molecule has 1 N–H and O–H groups in total. The van der Waals surface area contributed by atoms with Crippen molar-refractivity contribution in [3.8, 4) is 0 Å². The molecule has 0 spiro atoms. The molecular formula is C20H33N5O2. The number of hydrogen-bond donors (Lipinski definition) is 1. The Labute approximate surface area is 161 Å². The molecule has 1 atom stereocenters. The Hall–Kier alpha value is -1.73. The smallest absolute Gasteiger partial charge is 0.244 e. The largest absolute Gasteiger partial charge is 0.381 e. The van der Waals surface area contributed by atoms with Crippen LogP contribution in [-0.4, -0.2) is 33.1 Å². The van der Waals surface area contributed by atoms with Gasteiger partial charge in [-0.3, -0.25) is 4.68 Å². The maximum absolute atomic E-state index is 5.65. The standard InChI is InChI=1S/C20H33N5O2/c1-13(2)18-22-19(27-24-18)16(14-7-9-26-10-8-14)21-11-15-12-25(6)23-17(15)20(3,4)5/h12-14,16,21H,7-11H2,1-6H3. The summed E-state index contributed by atoms with van der Waals surface area (Å²) in [6, 6.07) is 0.0296. The molecule has 0 saturated carbocycles. The highest BCUT2D eigenvalue weighted by Crippen LogP contribution is 2.31. The van der Waals surface area contributed by atoms with E-state index < -0.39 is 0 Å². The Kier molecular flexibility index (Phi) is 6.01. The number of ether oxygens (including phenoxy) is 1. The van der Waals surface area contributed by atoms with Crippen LogP contribution in [0.3, 0.4) is 0 Å². The van der Waals surface area contributed by atoms with Gasteiger partial charge in [-0.1, -0.05) is 39.8 Å². The third kappa shape index (κ3) is 4.76. The summed E-state index contributed by atoms with van der Waals surface area (Å²) in [6.07, 6.45) is 4.09. The molecule has 3 rings (SSSR count). The Balaban J connectivity index is 1.81. The van der Waals surface area contributed by atoms with Gasteiger partial charge < -0.3 is 14.6 Å². The fourth-order valence-corrected chi connectivity index (χ4v) is 3.63. The third-order valence-electron chi connectivity index (χ3n) is 5.10. The Bertz CT molecular complexity index is 738. The van der Waals surface area contributed by atoms with Gasteiger partial charge in [-0.05, 0) is 18.8 Å². The van der Waals surface area contributed by atoms with E-state index in [1.165, 1.54) is 5.56 Å². The van der Waals surface area contributed by atoms with Crippen LogP contribution >= 0.6 is 0 Å². The molecule has 0 amide bonds. The van der Waals surface area contributed by atoms with Crippen molar-refractivity contribution in [2.45, 2.75) is 71.4 Å². The molecule has 0 aromatic carbocycles. The molecule has 1 saturated heterocycles. The summed E-state index contributed by atoms with van der Waals surface area (Å²) in [4.78, 5) is 4.67. The lowest BCUT2D eigenvalue weighted by atomic mass is 9.88. The van der Waals surface area contributed by atoms with E-state index in [1.807, 2.05) is 11.7 Å². The number of aryl methyl sites for hydroxylation is 1. The summed E-state index contributed by atoms with van der Waals surface area (Å²) in [5.41, 5.74) is 2.34. The first kappa shape index (κ1) is 20.0. The van der Waals surface area contributed by atoms with Crippen molar-refractivity contribution in [3.63, 3.8) is 0 Å². The monoisotopic (exact) mass is 375 g/mol. The van der Waals surface area contributed by atoms with Crippen molar-refractivity contribution >= 4 is 0 Å². The number of aromatic nitrogens is 4. The highest BCUT2D eigenvalue weighted by atomic mass is 16.5. The Morgan fingerprint density at radius 3 is 2.56 bits per heavy atom. The van der Waals surface area contributed by atoms with E-state index >= 15 is 0 Å². The molecule has 0 bridgehead atoms. The molecule has 2 aromatic rings. The molecule has 0 radical (unpaired) electrons. The summed E-state index contributed by atoms with van der Waals surface area (Å²) >= 11 is 0. The zero-order valence-corrected chi connectivity index (χ0v) is 17.5. The lowest BCUT2D eigenvalue weighted by Gasteiger charge is -2.29. The van der Waals surface area contributed by atoms with E-state index in [2.05, 4.69) is 61.4 Å². The van der Waals surface area contributed by atoms with Crippen molar-refractivity contribution in [2.75, 3.05) is 13.2 Å². The van der Waals surface area contributed by atoms with E-state index in [0.29, 0.717) is 11.8 Å². The van der Waals surface area contributed by atoms with Crippen LogP contribution in [0.4, 0.5) is 0 Å². The highest BCUT2D eigenvalue weighted by molar-refractivity contribution is 5.24. The maximum atomic E-state index is 5.65. The lowest BCUT2D eigenvalue weighted by molar-refractivity contribution is 0.0485. The van der Waals surface area contributed by atoms with Crippen LogP contribution in [0.25, 0.3) is 0 Å². The summed E-state index contributed by atoms with van der Waals surface area (Å²) in [5.74, 6) is 2.13. The normalized spacial score (nSPS) is 17.6. The predicted octanol–water partition coefficient (Wildman–Crippen LogP) is 3.48. The highest BCUT2D eigenvalue weighted by Gasteiger charge is 2.31. The zero-order valence-electron chi connectivity index (χ0n) is 17.5. The van der Waals surface area contributed by atoms with Crippen LogP contribution in [0.5, 0.6) is 0 Å². The second kappa shape index (κ2) is 8.10. The van der Waals surface area contributed by atoms with Gasteiger partial charge in [-0.2, -0.15) is 10.1 Å². The van der Waals surface area contributed by atoms with Crippen molar-refractivity contribution in [1.29, 1.82) is 0 Å². The summed E-state index contributed by atoms with van der Waals surface area (Å²) < 4.78 is 13.1. The van der Waals surface area contributed by atoms with Gasteiger partial charge >= 0.3 is 0 Å². The fourth-order valence-electron chi connectivity index (χ4n) is 3.63. The van der Waals surface area contributed by atoms with Gasteiger partial charge in [0.15, 0.2) is 5.82 Å². The predicted molar refractivity (Wildman–Crippen MR) is 103 cm³/mol. The Morgan fingerprint density at radius 1 is 1.26 bits per heavy atom. The van der Waals surface area contributed by atoms with Crippen LogP contribution in [0, 0.1) is 5.92 Å². The van der Waals surface area contributed by atoms with Crippen molar-refractivity contribution in [3.05, 3.63) is 29.2 Å². The molecule has 27 heavy (non-hydrogen) atoms. The molecule has 7 nitrogen and oxygen atoms in total. The first-order valence-electron chi connectivity index (χ1n) is 9.93. The van der Waals surface area contributed by atoms with E-state index in [-0.39, 0.29) is 17.4 Å². The van der Waals surface area contributed by atoms with Crippen LogP contribution in [0.15, 0.2) is 10.7 Å². The summed E-state index contributed by atoms with van der Waals surface area (Å²) in [5, 5.41) is 12.5. The first-order chi connectivity index (χ1) is 12.8. The number of nitrogens with zero attached hydrogens (tertiary/aromatic N) is 4. The lowest BCUT2D eigenvalue weighted by Crippen LogP contribution is -2.32. The number of nitrogens with one attached hydrogen (secondary N) is 1. The maximum Gasteiger partial charge on any atom is 0.244 e. The molecule has 1 aliphatic heterocycles. The van der Waals surface area contributed by atoms with Crippen LogP contribution in [0.2, 0.25) is 0 Å².